The summed E-state index contributed by atoms with van der Waals surface area (Å²) in [7, 11) is 1.30. The lowest BCUT2D eigenvalue weighted by molar-refractivity contribution is -0.386. The molecule has 3 rings (SSSR count). The first kappa shape index (κ1) is 17.6. The lowest BCUT2D eigenvalue weighted by atomic mass is 10.1. The molecule has 0 saturated heterocycles. The van der Waals surface area contributed by atoms with Crippen LogP contribution in [-0.4, -0.2) is 22.1 Å². The van der Waals surface area contributed by atoms with Crippen molar-refractivity contribution in [1.82, 2.24) is 4.98 Å². The zero-order valence-electron chi connectivity index (χ0n) is 13.4. The van der Waals surface area contributed by atoms with Gasteiger partial charge < -0.3 is 9.84 Å². The van der Waals surface area contributed by atoms with Crippen molar-refractivity contribution in [2.24, 2.45) is 0 Å². The number of thiophene rings is 1. The van der Waals surface area contributed by atoms with E-state index in [0.29, 0.717) is 10.6 Å². The van der Waals surface area contributed by atoms with Gasteiger partial charge in [-0.3, -0.25) is 10.1 Å². The Hall–Kier alpha value is -3.22. The highest BCUT2D eigenvalue weighted by Gasteiger charge is 2.20. The summed E-state index contributed by atoms with van der Waals surface area (Å²) < 4.78 is 4.97. The third-order valence-electron chi connectivity index (χ3n) is 3.43. The first-order chi connectivity index (χ1) is 12.5. The summed E-state index contributed by atoms with van der Waals surface area (Å²) >= 11 is 2.86. The molecule has 0 amide bonds. The second-order valence-electron chi connectivity index (χ2n) is 5.03. The highest BCUT2D eigenvalue weighted by Crippen LogP contribution is 2.38. The van der Waals surface area contributed by atoms with Gasteiger partial charge in [-0.05, 0) is 29.2 Å². The van der Waals surface area contributed by atoms with Crippen molar-refractivity contribution < 1.29 is 14.8 Å². The van der Waals surface area contributed by atoms with Gasteiger partial charge in [-0.25, -0.2) is 4.98 Å². The Bertz CT molecular complexity index is 1030. The van der Waals surface area contributed by atoms with E-state index in [1.54, 1.807) is 11.3 Å². The number of allylic oxidation sites excluding steroid dienone is 1. The van der Waals surface area contributed by atoms with Crippen LogP contribution in [0.5, 0.6) is 11.5 Å². The molecule has 1 N–H and O–H groups in total. The molecule has 0 bridgehead atoms. The van der Waals surface area contributed by atoms with Crippen LogP contribution in [0.2, 0.25) is 0 Å². The van der Waals surface area contributed by atoms with Gasteiger partial charge in [-0.1, -0.05) is 6.07 Å². The molecule has 0 atom stereocenters. The van der Waals surface area contributed by atoms with Crippen molar-refractivity contribution >= 4 is 40.0 Å². The van der Waals surface area contributed by atoms with Crippen molar-refractivity contribution in [2.75, 3.05) is 7.11 Å². The first-order valence-electron chi connectivity index (χ1n) is 7.20. The highest BCUT2D eigenvalue weighted by atomic mass is 32.1. The normalized spacial score (nSPS) is 11.2. The number of nitro groups is 1. The van der Waals surface area contributed by atoms with Crippen LogP contribution in [0.4, 0.5) is 5.69 Å². The molecule has 7 nitrogen and oxygen atoms in total. The van der Waals surface area contributed by atoms with Crippen LogP contribution < -0.4 is 4.74 Å². The molecule has 0 spiro atoms. The number of methoxy groups -OCH3 is 1. The van der Waals surface area contributed by atoms with E-state index in [1.165, 1.54) is 36.7 Å². The molecule has 26 heavy (non-hydrogen) atoms. The lowest BCUT2D eigenvalue weighted by Crippen LogP contribution is -1.93. The van der Waals surface area contributed by atoms with Crippen molar-refractivity contribution in [3.05, 3.63) is 55.7 Å². The minimum atomic E-state index is -0.709. The molecule has 0 aliphatic rings. The maximum absolute atomic E-state index is 11.1. The molecular formula is C17H11N3O4S2. The summed E-state index contributed by atoms with van der Waals surface area (Å²) in [5, 5.41) is 34.7. The van der Waals surface area contributed by atoms with E-state index in [4.69, 9.17) is 4.74 Å². The third kappa shape index (κ3) is 3.42. The number of thiazole rings is 1. The molecule has 1 aromatic carbocycles. The summed E-state index contributed by atoms with van der Waals surface area (Å²) in [6.45, 7) is 0. The van der Waals surface area contributed by atoms with E-state index in [-0.39, 0.29) is 11.3 Å². The van der Waals surface area contributed by atoms with Gasteiger partial charge >= 0.3 is 5.69 Å². The van der Waals surface area contributed by atoms with Gasteiger partial charge in [0.05, 0.1) is 28.2 Å². The van der Waals surface area contributed by atoms with Gasteiger partial charge in [0.2, 0.25) is 5.75 Å². The highest BCUT2D eigenvalue weighted by molar-refractivity contribution is 7.14. The number of ether oxygens (including phenoxy) is 1. The molecule has 2 heterocycles. The Morgan fingerprint density at radius 2 is 2.27 bits per heavy atom. The first-order valence-corrected chi connectivity index (χ1v) is 8.96. The molecule has 0 fully saturated rings. The number of benzene rings is 1. The third-order valence-corrected chi connectivity index (χ3v) is 5.20. The number of nitro benzene ring substituents is 1. The number of aromatic hydroxyl groups is 1. The average molecular weight is 385 g/mol. The number of nitriles is 1. The monoisotopic (exact) mass is 385 g/mol. The Kier molecular flexibility index (Phi) is 4.97. The molecule has 2 aromatic heterocycles. The second kappa shape index (κ2) is 7.35. The summed E-state index contributed by atoms with van der Waals surface area (Å²) in [6, 6.07) is 8.53. The lowest BCUT2D eigenvalue weighted by Gasteiger charge is -2.05. The number of phenols is 1. The van der Waals surface area contributed by atoms with E-state index in [0.717, 1.165) is 10.6 Å². The summed E-state index contributed by atoms with van der Waals surface area (Å²) in [5.41, 5.74) is 0.900. The maximum atomic E-state index is 11.1. The number of phenolic OH excluding ortho intramolecular Hbond substituents is 1. The van der Waals surface area contributed by atoms with Crippen molar-refractivity contribution in [1.29, 1.82) is 5.26 Å². The quantitative estimate of drug-likeness (QED) is 0.392. The minimum Gasteiger partial charge on any atom is -0.500 e. The number of hydrogen-bond donors (Lipinski definition) is 1. The van der Waals surface area contributed by atoms with Gasteiger partial charge in [0, 0.05) is 11.4 Å². The van der Waals surface area contributed by atoms with E-state index in [1.807, 2.05) is 22.9 Å². The van der Waals surface area contributed by atoms with E-state index in [9.17, 15) is 20.5 Å². The van der Waals surface area contributed by atoms with Gasteiger partial charge in [-0.15, -0.1) is 22.7 Å². The minimum absolute atomic E-state index is 0.0406. The van der Waals surface area contributed by atoms with E-state index >= 15 is 0 Å². The summed E-state index contributed by atoms with van der Waals surface area (Å²) in [6.07, 6.45) is 1.48. The average Bonchev–Trinajstić information content (AvgIpc) is 3.31. The van der Waals surface area contributed by atoms with Gasteiger partial charge in [0.25, 0.3) is 0 Å². The fraction of sp³-hybridized carbons (Fsp3) is 0.0588. The smallest absolute Gasteiger partial charge is 0.315 e. The molecule has 130 valence electrons. The molecule has 9 heteroatoms. The van der Waals surface area contributed by atoms with E-state index < -0.39 is 16.4 Å². The van der Waals surface area contributed by atoms with Crippen LogP contribution in [0.25, 0.3) is 22.2 Å². The van der Waals surface area contributed by atoms with Gasteiger partial charge in [-0.2, -0.15) is 5.26 Å². The second-order valence-corrected chi connectivity index (χ2v) is 6.84. The Morgan fingerprint density at radius 1 is 1.46 bits per heavy atom. The fourth-order valence-corrected chi connectivity index (χ4v) is 3.78. The van der Waals surface area contributed by atoms with Crippen LogP contribution in [0.3, 0.4) is 0 Å². The topological polar surface area (TPSA) is 109 Å². The van der Waals surface area contributed by atoms with Crippen molar-refractivity contribution in [3.8, 4) is 28.1 Å². The molecule has 0 saturated carbocycles. The maximum Gasteiger partial charge on any atom is 0.315 e. The van der Waals surface area contributed by atoms with Crippen molar-refractivity contribution in [2.45, 2.75) is 0 Å². The predicted octanol–water partition coefficient (Wildman–Crippen LogP) is 4.56. The number of aromatic nitrogens is 1. The van der Waals surface area contributed by atoms with Gasteiger partial charge in [0.1, 0.15) is 11.1 Å². The Balaban J connectivity index is 2.04. The van der Waals surface area contributed by atoms with Crippen molar-refractivity contribution in [3.63, 3.8) is 0 Å². The van der Waals surface area contributed by atoms with Crippen LogP contribution in [0, 0.1) is 21.4 Å². The summed E-state index contributed by atoms with van der Waals surface area (Å²) in [4.78, 5) is 15.8. The zero-order chi connectivity index (χ0) is 18.7. The molecule has 0 aliphatic carbocycles. The van der Waals surface area contributed by atoms with Crippen LogP contribution in [-0.2, 0) is 0 Å². The standard InChI is InChI=1S/C17H11N3O4S2/c1-24-14-7-10(6-13(16(14)21)20(22)23)5-11(8-18)17-19-12(9-26-17)15-3-2-4-25-15/h2-7,9,21H,1H3/b11-5-. The number of hydrogen-bond acceptors (Lipinski definition) is 8. The SMILES string of the molecule is COc1cc(/C=C(/C#N)c2nc(-c3cccs3)cs2)cc([N+](=O)[O-])c1O. The zero-order valence-corrected chi connectivity index (χ0v) is 15.0. The largest absolute Gasteiger partial charge is 0.500 e. The molecule has 3 aromatic rings. The van der Waals surface area contributed by atoms with Crippen LogP contribution in [0.15, 0.2) is 35.0 Å². The fourth-order valence-electron chi connectivity index (χ4n) is 2.24. The van der Waals surface area contributed by atoms with Gasteiger partial charge in [0.15, 0.2) is 5.75 Å². The van der Waals surface area contributed by atoms with Crippen LogP contribution >= 0.6 is 22.7 Å². The predicted molar refractivity (Wildman–Crippen MR) is 100 cm³/mol. The van der Waals surface area contributed by atoms with E-state index in [2.05, 4.69) is 11.1 Å². The number of nitrogens with zero attached hydrogens (tertiary/aromatic N) is 3. The number of rotatable bonds is 5. The Labute approximate surface area is 156 Å². The summed E-state index contributed by atoms with van der Waals surface area (Å²) in [5.74, 6) is -0.594. The molecule has 0 unspecified atom stereocenters. The molecular weight excluding hydrogens is 374 g/mol. The molecule has 0 aliphatic heterocycles. The van der Waals surface area contributed by atoms with Crippen LogP contribution in [0.1, 0.15) is 10.6 Å². The molecule has 0 radical (unpaired) electrons. The Morgan fingerprint density at radius 3 is 2.88 bits per heavy atom.